The van der Waals surface area contributed by atoms with Gasteiger partial charge in [0.1, 0.15) is 5.60 Å². The van der Waals surface area contributed by atoms with Crippen LogP contribution in [0.25, 0.3) is 0 Å². The second kappa shape index (κ2) is 8.36. The molecule has 2 bridgehead atoms. The molecular formula is C23H29Br2NO. The Morgan fingerprint density at radius 1 is 0.852 bits per heavy atom. The van der Waals surface area contributed by atoms with Gasteiger partial charge in [-0.1, -0.05) is 76.6 Å². The van der Waals surface area contributed by atoms with Gasteiger partial charge in [-0.2, -0.15) is 0 Å². The van der Waals surface area contributed by atoms with E-state index >= 15 is 0 Å². The Labute approximate surface area is 182 Å². The van der Waals surface area contributed by atoms with Gasteiger partial charge in [0.25, 0.3) is 0 Å². The largest absolute Gasteiger partial charge is 1.00 e. The summed E-state index contributed by atoms with van der Waals surface area (Å²) in [6.07, 6.45) is 4.56. The first-order valence-electron chi connectivity index (χ1n) is 9.89. The summed E-state index contributed by atoms with van der Waals surface area (Å²) >= 11 is 3.60. The Balaban J connectivity index is 0.00000210. The van der Waals surface area contributed by atoms with Crippen LogP contribution in [-0.2, 0) is 5.60 Å². The molecule has 0 aliphatic carbocycles. The second-order valence-electron chi connectivity index (χ2n) is 8.25. The number of benzene rings is 2. The third kappa shape index (κ3) is 3.55. The van der Waals surface area contributed by atoms with Gasteiger partial charge in [-0.25, -0.2) is 0 Å². The van der Waals surface area contributed by atoms with E-state index in [1.54, 1.807) is 0 Å². The van der Waals surface area contributed by atoms with E-state index in [0.717, 1.165) is 35.7 Å². The van der Waals surface area contributed by atoms with Crippen LogP contribution < -0.4 is 17.0 Å². The van der Waals surface area contributed by atoms with Crippen LogP contribution in [0, 0.1) is 5.41 Å². The molecule has 0 aromatic heterocycles. The van der Waals surface area contributed by atoms with Crippen molar-refractivity contribution in [3.63, 3.8) is 0 Å². The number of alkyl halides is 1. The van der Waals surface area contributed by atoms with Gasteiger partial charge >= 0.3 is 0 Å². The Kier molecular flexibility index (Phi) is 6.52. The van der Waals surface area contributed by atoms with Crippen molar-refractivity contribution in [3.8, 4) is 0 Å². The molecule has 3 saturated heterocycles. The van der Waals surface area contributed by atoms with Gasteiger partial charge in [-0.3, -0.25) is 0 Å². The predicted molar refractivity (Wildman–Crippen MR) is 110 cm³/mol. The normalized spacial score (nSPS) is 27.2. The van der Waals surface area contributed by atoms with Gasteiger partial charge in [0.2, 0.25) is 0 Å². The maximum atomic E-state index is 12.3. The van der Waals surface area contributed by atoms with Gasteiger partial charge < -0.3 is 26.6 Å². The summed E-state index contributed by atoms with van der Waals surface area (Å²) in [4.78, 5) is 0. The van der Waals surface area contributed by atoms with E-state index in [9.17, 15) is 5.11 Å². The first-order valence-corrected chi connectivity index (χ1v) is 11.0. The Morgan fingerprint density at radius 3 is 1.70 bits per heavy atom. The summed E-state index contributed by atoms with van der Waals surface area (Å²) in [5.41, 5.74) is 1.15. The van der Waals surface area contributed by atoms with Gasteiger partial charge in [0.15, 0.2) is 0 Å². The lowest BCUT2D eigenvalue weighted by Crippen LogP contribution is -3.00. The van der Waals surface area contributed by atoms with Crippen LogP contribution >= 0.6 is 15.9 Å². The Bertz CT molecular complexity index is 671. The number of hydrogen-bond donors (Lipinski definition) is 1. The second-order valence-corrected chi connectivity index (χ2v) is 9.04. The van der Waals surface area contributed by atoms with Crippen LogP contribution in [0.4, 0.5) is 0 Å². The molecule has 3 aliphatic rings. The average Bonchev–Trinajstić information content (AvgIpc) is 2.74. The molecule has 0 atom stereocenters. The van der Waals surface area contributed by atoms with Crippen LogP contribution in [0.15, 0.2) is 60.7 Å². The fraction of sp³-hybridized carbons (Fsp3) is 0.478. The van der Waals surface area contributed by atoms with Crippen LogP contribution in [0.1, 0.15) is 36.8 Å². The number of nitrogens with zero attached hydrogens (tertiary/aromatic N) is 1. The third-order valence-corrected chi connectivity index (χ3v) is 7.67. The summed E-state index contributed by atoms with van der Waals surface area (Å²) in [5.74, 6) is 0. The summed E-state index contributed by atoms with van der Waals surface area (Å²) in [6, 6.07) is 20.7. The van der Waals surface area contributed by atoms with E-state index in [4.69, 9.17) is 0 Å². The number of piperidine rings is 3. The maximum absolute atomic E-state index is 12.3. The van der Waals surface area contributed by atoms with Crippen molar-refractivity contribution < 1.29 is 26.6 Å². The topological polar surface area (TPSA) is 20.2 Å². The smallest absolute Gasteiger partial charge is 0.121 e. The highest BCUT2D eigenvalue weighted by Crippen LogP contribution is 2.57. The molecule has 1 N–H and O–H groups in total. The summed E-state index contributed by atoms with van der Waals surface area (Å²) < 4.78 is 1.26. The first-order chi connectivity index (χ1) is 12.6. The molecule has 0 spiro atoms. The number of halogens is 2. The summed E-state index contributed by atoms with van der Waals surface area (Å²) in [5, 5.41) is 13.4. The molecule has 2 aromatic carbocycles. The van der Waals surface area contributed by atoms with Crippen molar-refractivity contribution in [1.82, 2.24) is 0 Å². The van der Waals surface area contributed by atoms with Crippen molar-refractivity contribution >= 4 is 15.9 Å². The van der Waals surface area contributed by atoms with E-state index in [1.165, 1.54) is 37.1 Å². The average molecular weight is 495 g/mol. The lowest BCUT2D eigenvalue weighted by molar-refractivity contribution is -0.946. The molecule has 5 rings (SSSR count). The van der Waals surface area contributed by atoms with E-state index in [-0.39, 0.29) is 22.4 Å². The Morgan fingerprint density at radius 2 is 1.30 bits per heavy atom. The van der Waals surface area contributed by atoms with Crippen molar-refractivity contribution in [3.05, 3.63) is 71.8 Å². The molecule has 3 fully saturated rings. The van der Waals surface area contributed by atoms with Crippen LogP contribution in [0.3, 0.4) is 0 Å². The minimum Gasteiger partial charge on any atom is -1.00 e. The molecule has 0 unspecified atom stereocenters. The van der Waals surface area contributed by atoms with Crippen LogP contribution in [0.2, 0.25) is 0 Å². The number of rotatable bonds is 6. The summed E-state index contributed by atoms with van der Waals surface area (Å²) in [6.45, 7) is 4.88. The highest BCUT2D eigenvalue weighted by atomic mass is 79.9. The molecule has 3 heterocycles. The zero-order valence-corrected chi connectivity index (χ0v) is 19.0. The van der Waals surface area contributed by atoms with Crippen molar-refractivity contribution in [2.24, 2.45) is 5.41 Å². The van der Waals surface area contributed by atoms with Gasteiger partial charge in [0.05, 0.1) is 26.2 Å². The maximum Gasteiger partial charge on any atom is 0.121 e. The fourth-order valence-corrected chi connectivity index (χ4v) is 5.73. The molecule has 146 valence electrons. The fourth-order valence-electron chi connectivity index (χ4n) is 5.48. The number of aliphatic hydroxyl groups is 1. The highest BCUT2D eigenvalue weighted by Gasteiger charge is 2.60. The van der Waals surface area contributed by atoms with Crippen molar-refractivity contribution in [2.45, 2.75) is 31.3 Å². The third-order valence-electron chi connectivity index (χ3n) is 7.11. The molecule has 2 aromatic rings. The predicted octanol–water partition coefficient (Wildman–Crippen LogP) is 1.71. The number of quaternary nitrogens is 1. The van der Waals surface area contributed by atoms with Gasteiger partial charge in [-0.15, -0.1) is 0 Å². The molecule has 3 aliphatic heterocycles. The van der Waals surface area contributed by atoms with Crippen LogP contribution in [-0.4, -0.2) is 41.1 Å². The zero-order chi connectivity index (χ0) is 18.1. The molecule has 0 saturated carbocycles. The molecule has 4 heteroatoms. The highest BCUT2D eigenvalue weighted by molar-refractivity contribution is 9.09. The monoisotopic (exact) mass is 493 g/mol. The lowest BCUT2D eigenvalue weighted by Gasteiger charge is -2.60. The minimum absolute atomic E-state index is 0. The van der Waals surface area contributed by atoms with Crippen molar-refractivity contribution in [2.75, 3.05) is 31.5 Å². The standard InChI is InChI=1S/C23H29BrNO.BrH/c24-15-7-16-25-17-12-22(13-18-25,14-19-25)23(26,20-8-3-1-4-9-20)21-10-5-2-6-11-21;/h1-6,8-11,26H,7,12-19H2;1H/q+1;/p-1. The molecule has 0 amide bonds. The Hall–Kier alpha value is -0.680. The molecule has 2 nitrogen and oxygen atoms in total. The molecule has 27 heavy (non-hydrogen) atoms. The van der Waals surface area contributed by atoms with Gasteiger partial charge in [-0.05, 0) is 11.1 Å². The van der Waals surface area contributed by atoms with Crippen LogP contribution in [0.5, 0.6) is 0 Å². The lowest BCUT2D eigenvalue weighted by atomic mass is 9.56. The zero-order valence-electron chi connectivity index (χ0n) is 15.8. The number of hydrogen-bond acceptors (Lipinski definition) is 1. The first kappa shape index (κ1) is 21.0. The quantitative estimate of drug-likeness (QED) is 0.478. The molecule has 0 radical (unpaired) electrons. The SMILES string of the molecule is OC(c1ccccc1)(c1ccccc1)C12CC[N+](CCCBr)(CC1)CC2.[Br-]. The van der Waals surface area contributed by atoms with E-state index < -0.39 is 5.60 Å². The summed E-state index contributed by atoms with van der Waals surface area (Å²) in [7, 11) is 0. The number of fused-ring (bicyclic) bond motifs is 3. The van der Waals surface area contributed by atoms with E-state index in [2.05, 4.69) is 64.5 Å². The van der Waals surface area contributed by atoms with E-state index in [1.807, 2.05) is 12.1 Å². The molecular weight excluding hydrogens is 466 g/mol. The van der Waals surface area contributed by atoms with Gasteiger partial charge in [0, 0.05) is 36.4 Å². The minimum atomic E-state index is -0.901. The van der Waals surface area contributed by atoms with Crippen molar-refractivity contribution in [1.29, 1.82) is 0 Å². The van der Waals surface area contributed by atoms with E-state index in [0.29, 0.717) is 0 Å².